The summed E-state index contributed by atoms with van der Waals surface area (Å²) in [6.07, 6.45) is 2.25. The van der Waals surface area contributed by atoms with Crippen LogP contribution < -0.4 is 15.0 Å². The number of benzene rings is 2. The molecule has 1 fully saturated rings. The number of fused-ring (bicyclic) bond motifs is 1. The van der Waals surface area contributed by atoms with Crippen molar-refractivity contribution in [2.75, 3.05) is 27.3 Å². The Morgan fingerprint density at radius 3 is 2.58 bits per heavy atom. The van der Waals surface area contributed by atoms with Crippen molar-refractivity contribution in [1.29, 1.82) is 0 Å². The average molecular weight is 452 g/mol. The van der Waals surface area contributed by atoms with Crippen molar-refractivity contribution >= 4 is 16.8 Å². The van der Waals surface area contributed by atoms with Crippen LogP contribution in [0.15, 0.2) is 53.6 Å². The molecule has 1 aromatic heterocycles. The fourth-order valence-electron chi connectivity index (χ4n) is 4.21. The number of morpholine rings is 1. The number of amides is 1. The molecular formula is C25H29N3O5. The van der Waals surface area contributed by atoms with Crippen molar-refractivity contribution in [3.8, 4) is 11.5 Å². The number of aryl methyl sites for hydroxylation is 1. The predicted octanol–water partition coefficient (Wildman–Crippen LogP) is 3.18. The molecule has 0 N–H and O–H groups in total. The van der Waals surface area contributed by atoms with E-state index in [-0.39, 0.29) is 23.7 Å². The Morgan fingerprint density at radius 1 is 1.12 bits per heavy atom. The lowest BCUT2D eigenvalue weighted by Gasteiger charge is -2.37. The van der Waals surface area contributed by atoms with E-state index in [0.29, 0.717) is 54.9 Å². The molecule has 2 heterocycles. The molecule has 2 unspecified atom stereocenters. The largest absolute Gasteiger partial charge is 0.493 e. The van der Waals surface area contributed by atoms with Gasteiger partial charge in [-0.3, -0.25) is 14.2 Å². The zero-order chi connectivity index (χ0) is 23.4. The Kier molecular flexibility index (Phi) is 6.93. The highest BCUT2D eigenvalue weighted by molar-refractivity contribution is 5.81. The van der Waals surface area contributed by atoms with E-state index in [1.807, 2.05) is 42.2 Å². The summed E-state index contributed by atoms with van der Waals surface area (Å²) in [6, 6.07) is 13.3. The minimum atomic E-state index is -0.169. The second-order valence-electron chi connectivity index (χ2n) is 8.22. The molecule has 1 aliphatic rings. The van der Waals surface area contributed by atoms with Gasteiger partial charge in [0.05, 0.1) is 44.1 Å². The molecule has 0 spiro atoms. The van der Waals surface area contributed by atoms with Gasteiger partial charge in [0.2, 0.25) is 5.91 Å². The third-order valence-corrected chi connectivity index (χ3v) is 5.90. The molecule has 2 aromatic carbocycles. The van der Waals surface area contributed by atoms with Crippen molar-refractivity contribution in [3.63, 3.8) is 0 Å². The SMILES string of the molecule is COc1cc2ncn(CCCC(=O)N3CC(C)OC(c4ccccc4)C3)c(=O)c2cc1OC. The van der Waals surface area contributed by atoms with Crippen molar-refractivity contribution in [1.82, 2.24) is 14.5 Å². The van der Waals surface area contributed by atoms with Gasteiger partial charge in [0, 0.05) is 25.6 Å². The van der Waals surface area contributed by atoms with Gasteiger partial charge < -0.3 is 19.1 Å². The van der Waals surface area contributed by atoms with Crippen LogP contribution in [0.2, 0.25) is 0 Å². The Hall–Kier alpha value is -3.39. The molecule has 8 heteroatoms. The van der Waals surface area contributed by atoms with Crippen molar-refractivity contribution < 1.29 is 19.0 Å². The van der Waals surface area contributed by atoms with Crippen LogP contribution in [-0.4, -0.2) is 53.8 Å². The van der Waals surface area contributed by atoms with Crippen molar-refractivity contribution in [2.24, 2.45) is 0 Å². The van der Waals surface area contributed by atoms with Gasteiger partial charge in [-0.2, -0.15) is 0 Å². The van der Waals surface area contributed by atoms with Gasteiger partial charge in [0.25, 0.3) is 5.56 Å². The normalized spacial score (nSPS) is 18.3. The predicted molar refractivity (Wildman–Crippen MR) is 125 cm³/mol. The van der Waals surface area contributed by atoms with Crippen molar-refractivity contribution in [2.45, 2.75) is 38.5 Å². The summed E-state index contributed by atoms with van der Waals surface area (Å²) in [4.78, 5) is 32.1. The summed E-state index contributed by atoms with van der Waals surface area (Å²) in [5.41, 5.74) is 1.44. The number of hydrogen-bond acceptors (Lipinski definition) is 6. The number of aromatic nitrogens is 2. The maximum atomic E-state index is 12.9. The maximum Gasteiger partial charge on any atom is 0.261 e. The first-order chi connectivity index (χ1) is 16.0. The first kappa shape index (κ1) is 22.8. The number of nitrogens with zero attached hydrogens (tertiary/aromatic N) is 3. The van der Waals surface area contributed by atoms with E-state index in [1.165, 1.54) is 18.0 Å². The molecular weight excluding hydrogens is 422 g/mol. The summed E-state index contributed by atoms with van der Waals surface area (Å²) >= 11 is 0. The Labute approximate surface area is 192 Å². The zero-order valence-corrected chi connectivity index (χ0v) is 19.2. The number of methoxy groups -OCH3 is 2. The van der Waals surface area contributed by atoms with Crippen LogP contribution in [0.5, 0.6) is 11.5 Å². The van der Waals surface area contributed by atoms with Crippen LogP contribution in [0, 0.1) is 0 Å². The third kappa shape index (κ3) is 5.01. The number of ether oxygens (including phenoxy) is 3. The Morgan fingerprint density at radius 2 is 1.85 bits per heavy atom. The van der Waals surface area contributed by atoms with E-state index in [4.69, 9.17) is 14.2 Å². The molecule has 174 valence electrons. The lowest BCUT2D eigenvalue weighted by Crippen LogP contribution is -2.46. The molecule has 0 bridgehead atoms. The molecule has 1 saturated heterocycles. The summed E-state index contributed by atoms with van der Waals surface area (Å²) in [5, 5.41) is 0.453. The number of carbonyl (C=O) groups is 1. The summed E-state index contributed by atoms with van der Waals surface area (Å²) in [6.45, 7) is 3.50. The summed E-state index contributed by atoms with van der Waals surface area (Å²) < 4.78 is 18.2. The lowest BCUT2D eigenvalue weighted by atomic mass is 10.1. The second-order valence-corrected chi connectivity index (χ2v) is 8.22. The van der Waals surface area contributed by atoms with Gasteiger partial charge in [0.15, 0.2) is 11.5 Å². The first-order valence-electron chi connectivity index (χ1n) is 11.1. The summed E-state index contributed by atoms with van der Waals surface area (Å²) in [7, 11) is 3.07. The van der Waals surface area contributed by atoms with Gasteiger partial charge in [-0.1, -0.05) is 30.3 Å². The molecule has 8 nitrogen and oxygen atoms in total. The topological polar surface area (TPSA) is 82.9 Å². The Balaban J connectivity index is 1.41. The highest BCUT2D eigenvalue weighted by atomic mass is 16.5. The van der Waals surface area contributed by atoms with Crippen LogP contribution >= 0.6 is 0 Å². The third-order valence-electron chi connectivity index (χ3n) is 5.90. The van der Waals surface area contributed by atoms with Gasteiger partial charge in [0.1, 0.15) is 6.10 Å². The van der Waals surface area contributed by atoms with E-state index in [9.17, 15) is 9.59 Å². The van der Waals surface area contributed by atoms with Crippen LogP contribution in [-0.2, 0) is 16.1 Å². The fraction of sp³-hybridized carbons (Fsp3) is 0.400. The monoisotopic (exact) mass is 451 g/mol. The second kappa shape index (κ2) is 10.0. The molecule has 1 amide bonds. The van der Waals surface area contributed by atoms with Crippen LogP contribution in [0.4, 0.5) is 0 Å². The van der Waals surface area contributed by atoms with Gasteiger partial charge in [-0.15, -0.1) is 0 Å². The fourth-order valence-corrected chi connectivity index (χ4v) is 4.21. The van der Waals surface area contributed by atoms with Gasteiger partial charge in [-0.25, -0.2) is 4.98 Å². The standard InChI is InChI=1S/C25H29N3O5/c1-17-14-28(15-23(33-17)18-8-5-4-6-9-18)24(29)10-7-11-27-16-26-20-13-22(32-3)21(31-2)12-19(20)25(27)30/h4-6,8-9,12-13,16-17,23H,7,10-11,14-15H2,1-3H3. The van der Waals surface area contributed by atoms with Crippen LogP contribution in [0.3, 0.4) is 0 Å². The maximum absolute atomic E-state index is 12.9. The molecule has 33 heavy (non-hydrogen) atoms. The molecule has 4 rings (SSSR count). The molecule has 0 aliphatic carbocycles. The Bertz CT molecular complexity index is 1180. The minimum absolute atomic E-state index is 0.0350. The molecule has 0 saturated carbocycles. The lowest BCUT2D eigenvalue weighted by molar-refractivity contribution is -0.145. The van der Waals surface area contributed by atoms with E-state index in [0.717, 1.165) is 5.56 Å². The molecule has 3 aromatic rings. The number of carbonyl (C=O) groups excluding carboxylic acids is 1. The number of hydrogen-bond donors (Lipinski definition) is 0. The van der Waals surface area contributed by atoms with E-state index in [2.05, 4.69) is 4.98 Å². The molecule has 0 radical (unpaired) electrons. The van der Waals surface area contributed by atoms with E-state index >= 15 is 0 Å². The number of rotatable bonds is 7. The first-order valence-corrected chi connectivity index (χ1v) is 11.1. The quantitative estimate of drug-likeness (QED) is 0.549. The highest BCUT2D eigenvalue weighted by Gasteiger charge is 2.29. The highest BCUT2D eigenvalue weighted by Crippen LogP contribution is 2.30. The summed E-state index contributed by atoms with van der Waals surface area (Å²) in [5.74, 6) is 1.07. The van der Waals surface area contributed by atoms with Crippen LogP contribution in [0.1, 0.15) is 31.4 Å². The van der Waals surface area contributed by atoms with Crippen LogP contribution in [0.25, 0.3) is 10.9 Å². The van der Waals surface area contributed by atoms with E-state index in [1.54, 1.807) is 19.2 Å². The average Bonchev–Trinajstić information content (AvgIpc) is 2.84. The van der Waals surface area contributed by atoms with Gasteiger partial charge in [-0.05, 0) is 25.0 Å². The zero-order valence-electron chi connectivity index (χ0n) is 19.2. The van der Waals surface area contributed by atoms with Crippen molar-refractivity contribution in [3.05, 3.63) is 64.7 Å². The smallest absolute Gasteiger partial charge is 0.261 e. The van der Waals surface area contributed by atoms with E-state index < -0.39 is 0 Å². The molecule has 1 aliphatic heterocycles. The van der Waals surface area contributed by atoms with Gasteiger partial charge >= 0.3 is 0 Å². The minimum Gasteiger partial charge on any atom is -0.493 e. The molecule has 2 atom stereocenters.